The van der Waals surface area contributed by atoms with E-state index in [1.165, 1.54) is 28.0 Å². The first kappa shape index (κ1) is 19.1. The predicted molar refractivity (Wildman–Crippen MR) is 83.3 cm³/mol. The third kappa shape index (κ3) is 6.81. The van der Waals surface area contributed by atoms with Crippen molar-refractivity contribution in [2.75, 3.05) is 11.5 Å². The van der Waals surface area contributed by atoms with E-state index in [4.69, 9.17) is 13.0 Å². The Hall–Kier alpha value is 0.1000. The summed E-state index contributed by atoms with van der Waals surface area (Å²) in [6.45, 7) is 0. The summed E-state index contributed by atoms with van der Waals surface area (Å²) in [4.78, 5) is 0. The Labute approximate surface area is 137 Å². The topological polar surface area (TPSA) is 57.2 Å². The highest BCUT2D eigenvalue weighted by Crippen LogP contribution is 2.34. The van der Waals surface area contributed by atoms with Crippen molar-refractivity contribution in [1.29, 1.82) is 0 Å². The van der Waals surface area contributed by atoms with E-state index in [1.54, 1.807) is 11.8 Å². The van der Waals surface area contributed by atoms with Crippen LogP contribution in [0.25, 0.3) is 0 Å². The van der Waals surface area contributed by atoms with E-state index in [-0.39, 0.29) is 0 Å². The van der Waals surface area contributed by atoms with E-state index >= 15 is 0 Å². The second kappa shape index (κ2) is 8.09. The third-order valence-electron chi connectivity index (χ3n) is 2.31. The van der Waals surface area contributed by atoms with E-state index in [2.05, 4.69) is 52.0 Å². The molecule has 0 aliphatic carbocycles. The number of hydrogen-bond donors (Lipinski definition) is 0. The van der Waals surface area contributed by atoms with Crippen molar-refractivity contribution in [3.05, 3.63) is 34.3 Å². The molecule has 1 aliphatic rings. The largest absolute Gasteiger partial charge is 0.741 e. The predicted octanol–water partition coefficient (Wildman–Crippen LogP) is 3.45. The number of alkyl halides is 3. The zero-order chi connectivity index (χ0) is 16.1. The van der Waals surface area contributed by atoms with Crippen molar-refractivity contribution in [2.45, 2.75) is 16.5 Å². The van der Waals surface area contributed by atoms with Crippen LogP contribution in [-0.2, 0) is 21.9 Å². The lowest BCUT2D eigenvalue weighted by atomic mass is 10.2. The first-order valence-electron chi connectivity index (χ1n) is 5.67. The average molecular weight is 425 g/mol. The number of thiol groups is 1. The summed E-state index contributed by atoms with van der Waals surface area (Å²) in [5.41, 5.74) is -4.16. The minimum absolute atomic E-state index is 0.724. The molecule has 2 rings (SSSR count). The number of halogens is 4. The van der Waals surface area contributed by atoms with Crippen LogP contribution >= 0.6 is 27.7 Å². The summed E-state index contributed by atoms with van der Waals surface area (Å²) in [6.07, 6.45) is 1.39. The molecule has 1 fully saturated rings. The molecule has 1 atom stereocenters. The van der Waals surface area contributed by atoms with E-state index in [0.29, 0.717) is 0 Å². The molecule has 120 valence electrons. The fourth-order valence-electron chi connectivity index (χ4n) is 1.35. The molecule has 10 heteroatoms. The Morgan fingerprint density at radius 1 is 1.29 bits per heavy atom. The molecule has 1 heterocycles. The zero-order valence-corrected chi connectivity index (χ0v) is 14.6. The lowest BCUT2D eigenvalue weighted by Gasteiger charge is -2.14. The highest BCUT2D eigenvalue weighted by atomic mass is 79.9. The molecule has 0 amide bonds. The van der Waals surface area contributed by atoms with E-state index in [9.17, 15) is 13.2 Å². The molecular formula is C11H12BrF3O3S3. The molecule has 0 saturated carbocycles. The highest BCUT2D eigenvalue weighted by molar-refractivity contribution is 9.10. The van der Waals surface area contributed by atoms with Gasteiger partial charge in [-0.2, -0.15) is 13.2 Å². The minimum Gasteiger partial charge on any atom is -0.741 e. The minimum atomic E-state index is -6.09. The van der Waals surface area contributed by atoms with E-state index in [0.717, 1.165) is 4.58 Å². The SMILES string of the molecule is Brc1ccc(C2SCCC[SH+]2)cc1.O=S(=O)([O-])C(F)(F)F. The Bertz CT molecular complexity index is 540. The third-order valence-corrected chi connectivity index (χ3v) is 6.62. The Kier molecular flexibility index (Phi) is 7.38. The van der Waals surface area contributed by atoms with Gasteiger partial charge in [-0.1, -0.05) is 28.1 Å². The van der Waals surface area contributed by atoms with Gasteiger partial charge < -0.3 is 4.55 Å². The first-order chi connectivity index (χ1) is 9.61. The number of thioether (sulfide) groups is 1. The van der Waals surface area contributed by atoms with Crippen LogP contribution in [0.1, 0.15) is 16.6 Å². The van der Waals surface area contributed by atoms with Crippen molar-refractivity contribution in [2.24, 2.45) is 0 Å². The molecule has 1 aliphatic heterocycles. The number of benzene rings is 1. The van der Waals surface area contributed by atoms with Crippen LogP contribution in [0.15, 0.2) is 28.7 Å². The molecule has 1 unspecified atom stereocenters. The van der Waals surface area contributed by atoms with Crippen LogP contribution in [0.3, 0.4) is 0 Å². The number of hydrogen-bond acceptors (Lipinski definition) is 4. The fraction of sp³-hybridized carbons (Fsp3) is 0.455. The Morgan fingerprint density at radius 2 is 1.81 bits per heavy atom. The maximum Gasteiger partial charge on any atom is 0.485 e. The molecule has 1 aromatic carbocycles. The molecule has 0 spiro atoms. The van der Waals surface area contributed by atoms with Crippen molar-refractivity contribution in [1.82, 2.24) is 0 Å². The lowest BCUT2D eigenvalue weighted by molar-refractivity contribution is -0.0517. The zero-order valence-electron chi connectivity index (χ0n) is 10.5. The molecule has 1 aromatic rings. The van der Waals surface area contributed by atoms with Crippen LogP contribution in [0.4, 0.5) is 13.2 Å². The van der Waals surface area contributed by atoms with Gasteiger partial charge in [-0.25, -0.2) is 8.42 Å². The fourth-order valence-corrected chi connectivity index (χ4v) is 4.72. The van der Waals surface area contributed by atoms with Crippen molar-refractivity contribution in [3.63, 3.8) is 0 Å². The van der Waals surface area contributed by atoms with Gasteiger partial charge >= 0.3 is 5.51 Å². The van der Waals surface area contributed by atoms with Crippen LogP contribution in [0.5, 0.6) is 0 Å². The molecular weight excluding hydrogens is 413 g/mol. The van der Waals surface area contributed by atoms with Gasteiger partial charge in [0.2, 0.25) is 0 Å². The van der Waals surface area contributed by atoms with Crippen LogP contribution < -0.4 is 0 Å². The monoisotopic (exact) mass is 424 g/mol. The van der Waals surface area contributed by atoms with Crippen LogP contribution in [0, 0.1) is 0 Å². The van der Waals surface area contributed by atoms with Crippen molar-refractivity contribution >= 4 is 49.6 Å². The van der Waals surface area contributed by atoms with Gasteiger partial charge in [0.25, 0.3) is 0 Å². The second-order valence-electron chi connectivity index (χ2n) is 3.93. The second-order valence-corrected chi connectivity index (χ2v) is 9.11. The quantitative estimate of drug-likeness (QED) is 0.299. The maximum atomic E-state index is 10.7. The van der Waals surface area contributed by atoms with Gasteiger partial charge in [-0.15, -0.1) is 11.8 Å². The highest BCUT2D eigenvalue weighted by Gasteiger charge is 2.36. The number of rotatable bonds is 1. The van der Waals surface area contributed by atoms with Gasteiger partial charge in [0, 0.05) is 22.2 Å². The summed E-state index contributed by atoms with van der Waals surface area (Å²) >= 11 is 7.15. The summed E-state index contributed by atoms with van der Waals surface area (Å²) in [6, 6.07) is 8.75. The first-order valence-corrected chi connectivity index (χ1v) is 10.1. The molecule has 3 nitrogen and oxygen atoms in total. The van der Waals surface area contributed by atoms with Gasteiger partial charge in [0.15, 0.2) is 14.7 Å². The van der Waals surface area contributed by atoms with Gasteiger partial charge in [0.05, 0.1) is 0 Å². The summed E-state index contributed by atoms with van der Waals surface area (Å²) in [5, 5.41) is 0. The molecule has 0 N–H and O–H groups in total. The molecule has 0 aromatic heterocycles. The smallest absolute Gasteiger partial charge is 0.485 e. The van der Waals surface area contributed by atoms with Crippen LogP contribution in [0.2, 0.25) is 0 Å². The van der Waals surface area contributed by atoms with Crippen LogP contribution in [-0.4, -0.2) is 30.0 Å². The summed E-state index contributed by atoms with van der Waals surface area (Å²) in [5.74, 6) is 2.70. The Morgan fingerprint density at radius 3 is 2.19 bits per heavy atom. The molecule has 0 radical (unpaired) electrons. The Balaban J connectivity index is 0.000000240. The normalized spacial score (nSPS) is 19.6. The van der Waals surface area contributed by atoms with E-state index in [1.807, 2.05) is 0 Å². The van der Waals surface area contributed by atoms with Crippen molar-refractivity contribution in [3.8, 4) is 0 Å². The summed E-state index contributed by atoms with van der Waals surface area (Å²) in [7, 11) is -6.09. The molecule has 1 saturated heterocycles. The molecule has 0 bridgehead atoms. The average Bonchev–Trinajstić information content (AvgIpc) is 2.39. The van der Waals surface area contributed by atoms with Gasteiger partial charge in [0.1, 0.15) is 5.75 Å². The standard InChI is InChI=1S/C10H11BrS2.CHF3O3S/c11-9-4-2-8(3-5-9)10-12-6-1-7-13-10;2-1(3,4)8(5,6)7/h2-5,10H,1,6-7H2;(H,5,6,7). The van der Waals surface area contributed by atoms with Crippen molar-refractivity contribution < 1.29 is 26.1 Å². The maximum absolute atomic E-state index is 10.7. The summed E-state index contributed by atoms with van der Waals surface area (Å²) < 4.78 is 60.8. The lowest BCUT2D eigenvalue weighted by Crippen LogP contribution is -2.21. The van der Waals surface area contributed by atoms with Gasteiger partial charge in [-0.3, -0.25) is 0 Å². The van der Waals surface area contributed by atoms with E-state index < -0.39 is 15.6 Å². The molecule has 21 heavy (non-hydrogen) atoms. The van der Waals surface area contributed by atoms with Gasteiger partial charge in [-0.05, 0) is 23.9 Å².